The van der Waals surface area contributed by atoms with Gasteiger partial charge in [-0.25, -0.2) is 9.18 Å². The first-order valence-corrected chi connectivity index (χ1v) is 8.38. The second kappa shape index (κ2) is 6.34. The Balaban J connectivity index is 1.86. The van der Waals surface area contributed by atoms with Crippen molar-refractivity contribution in [2.75, 3.05) is 31.1 Å². The second-order valence-corrected chi connectivity index (χ2v) is 6.29. The van der Waals surface area contributed by atoms with E-state index in [1.54, 1.807) is 6.07 Å². The Morgan fingerprint density at radius 2 is 1.77 bits per heavy atom. The number of carbonyl (C=O) groups is 1. The van der Waals surface area contributed by atoms with Crippen LogP contribution in [0.15, 0.2) is 42.5 Å². The number of nitrogens with zero attached hydrogens (tertiary/aromatic N) is 2. The lowest BCUT2D eigenvalue weighted by Gasteiger charge is -2.29. The first-order valence-electron chi connectivity index (χ1n) is 8.38. The SMILES string of the molecule is O=C(O)c1cc2cc(N3CCNCC3)ccc2n1-c1ccc(F)c(O)c1. The summed E-state index contributed by atoms with van der Waals surface area (Å²) in [7, 11) is 0. The maximum atomic E-state index is 13.4. The van der Waals surface area contributed by atoms with Gasteiger partial charge in [0.2, 0.25) is 0 Å². The van der Waals surface area contributed by atoms with Crippen molar-refractivity contribution < 1.29 is 19.4 Å². The number of benzene rings is 2. The van der Waals surface area contributed by atoms with Crippen LogP contribution in [-0.4, -0.2) is 46.9 Å². The minimum absolute atomic E-state index is 0.0588. The van der Waals surface area contributed by atoms with Gasteiger partial charge in [-0.05, 0) is 36.4 Å². The van der Waals surface area contributed by atoms with Crippen LogP contribution in [0.4, 0.5) is 10.1 Å². The fourth-order valence-corrected chi connectivity index (χ4v) is 3.40. The number of aromatic nitrogens is 1. The lowest BCUT2D eigenvalue weighted by atomic mass is 10.2. The monoisotopic (exact) mass is 355 g/mol. The lowest BCUT2D eigenvalue weighted by molar-refractivity contribution is 0.0688. The Morgan fingerprint density at radius 3 is 2.46 bits per heavy atom. The Hall–Kier alpha value is -3.06. The number of piperazine rings is 1. The van der Waals surface area contributed by atoms with Gasteiger partial charge in [-0.3, -0.25) is 0 Å². The summed E-state index contributed by atoms with van der Waals surface area (Å²) >= 11 is 0. The van der Waals surface area contributed by atoms with Crippen LogP contribution in [0.3, 0.4) is 0 Å². The molecular weight excluding hydrogens is 337 g/mol. The van der Waals surface area contributed by atoms with E-state index >= 15 is 0 Å². The largest absolute Gasteiger partial charge is 0.505 e. The van der Waals surface area contributed by atoms with Crippen LogP contribution >= 0.6 is 0 Å². The molecule has 6 nitrogen and oxygen atoms in total. The molecule has 1 fully saturated rings. The highest BCUT2D eigenvalue weighted by atomic mass is 19.1. The molecule has 3 aromatic rings. The molecule has 0 spiro atoms. The molecule has 1 aliphatic heterocycles. The van der Waals surface area contributed by atoms with E-state index in [0.717, 1.165) is 43.3 Å². The Bertz CT molecular complexity index is 993. The van der Waals surface area contributed by atoms with E-state index < -0.39 is 17.5 Å². The molecule has 0 aliphatic carbocycles. The highest BCUT2D eigenvalue weighted by Crippen LogP contribution is 2.30. The molecule has 7 heteroatoms. The number of rotatable bonds is 3. The summed E-state index contributed by atoms with van der Waals surface area (Å²) in [4.78, 5) is 14.0. The van der Waals surface area contributed by atoms with Crippen molar-refractivity contribution in [2.24, 2.45) is 0 Å². The number of aromatic hydroxyl groups is 1. The summed E-state index contributed by atoms with van der Waals surface area (Å²) in [6.45, 7) is 3.61. The molecule has 0 amide bonds. The van der Waals surface area contributed by atoms with E-state index in [1.165, 1.54) is 16.7 Å². The number of carboxylic acids is 1. The van der Waals surface area contributed by atoms with Gasteiger partial charge in [0.05, 0.1) is 11.2 Å². The van der Waals surface area contributed by atoms with Crippen molar-refractivity contribution in [2.45, 2.75) is 0 Å². The number of phenolic OH excluding ortho intramolecular Hbond substituents is 1. The van der Waals surface area contributed by atoms with Gasteiger partial charge in [0, 0.05) is 43.3 Å². The number of fused-ring (bicyclic) bond motifs is 1. The molecule has 134 valence electrons. The fourth-order valence-electron chi connectivity index (χ4n) is 3.40. The van der Waals surface area contributed by atoms with E-state index in [-0.39, 0.29) is 5.69 Å². The molecule has 3 N–H and O–H groups in total. The minimum Gasteiger partial charge on any atom is -0.505 e. The third-order valence-electron chi connectivity index (χ3n) is 4.67. The zero-order valence-corrected chi connectivity index (χ0v) is 13.9. The molecule has 0 unspecified atom stereocenters. The van der Waals surface area contributed by atoms with Gasteiger partial charge in [-0.15, -0.1) is 0 Å². The molecule has 4 rings (SSSR count). The van der Waals surface area contributed by atoms with Gasteiger partial charge in [-0.2, -0.15) is 0 Å². The first kappa shape index (κ1) is 16.4. The number of phenols is 1. The number of hydrogen-bond donors (Lipinski definition) is 3. The predicted molar refractivity (Wildman–Crippen MR) is 96.9 cm³/mol. The van der Waals surface area contributed by atoms with Gasteiger partial charge in [0.15, 0.2) is 11.6 Å². The van der Waals surface area contributed by atoms with E-state index in [0.29, 0.717) is 11.2 Å². The van der Waals surface area contributed by atoms with Crippen LogP contribution in [0, 0.1) is 5.82 Å². The van der Waals surface area contributed by atoms with Crippen molar-refractivity contribution in [3.8, 4) is 11.4 Å². The number of aromatic carboxylic acids is 1. The zero-order valence-electron chi connectivity index (χ0n) is 13.9. The summed E-state index contributed by atoms with van der Waals surface area (Å²) in [6.07, 6.45) is 0. The van der Waals surface area contributed by atoms with Gasteiger partial charge in [-0.1, -0.05) is 0 Å². The third-order valence-corrected chi connectivity index (χ3v) is 4.67. The van der Waals surface area contributed by atoms with Crippen LogP contribution < -0.4 is 10.2 Å². The molecular formula is C19H18FN3O3. The smallest absolute Gasteiger partial charge is 0.352 e. The summed E-state index contributed by atoms with van der Waals surface area (Å²) in [5.41, 5.74) is 2.18. The maximum absolute atomic E-state index is 13.4. The molecule has 0 atom stereocenters. The van der Waals surface area contributed by atoms with E-state index in [9.17, 15) is 19.4 Å². The zero-order chi connectivity index (χ0) is 18.3. The first-order chi connectivity index (χ1) is 12.5. The van der Waals surface area contributed by atoms with E-state index in [2.05, 4.69) is 10.2 Å². The summed E-state index contributed by atoms with van der Waals surface area (Å²) in [5.74, 6) is -2.35. The van der Waals surface area contributed by atoms with Gasteiger partial charge < -0.3 is 25.0 Å². The normalized spacial score (nSPS) is 14.7. The highest BCUT2D eigenvalue weighted by molar-refractivity contribution is 5.97. The molecule has 0 bridgehead atoms. The number of hydrogen-bond acceptors (Lipinski definition) is 4. The second-order valence-electron chi connectivity index (χ2n) is 6.29. The lowest BCUT2D eigenvalue weighted by Crippen LogP contribution is -2.43. The Morgan fingerprint density at radius 1 is 1.04 bits per heavy atom. The van der Waals surface area contributed by atoms with Crippen LogP contribution in [0.25, 0.3) is 16.6 Å². The van der Waals surface area contributed by atoms with E-state index in [1.807, 2.05) is 18.2 Å². The van der Waals surface area contributed by atoms with Crippen molar-refractivity contribution >= 4 is 22.6 Å². The number of nitrogens with one attached hydrogen (secondary N) is 1. The van der Waals surface area contributed by atoms with Crippen molar-refractivity contribution in [1.82, 2.24) is 9.88 Å². The molecule has 1 aromatic heterocycles. The summed E-state index contributed by atoms with van der Waals surface area (Å²) < 4.78 is 14.9. The van der Waals surface area contributed by atoms with Crippen LogP contribution in [-0.2, 0) is 0 Å². The fraction of sp³-hybridized carbons (Fsp3) is 0.211. The maximum Gasteiger partial charge on any atom is 0.352 e. The summed E-state index contributed by atoms with van der Waals surface area (Å²) in [6, 6.07) is 11.2. The highest BCUT2D eigenvalue weighted by Gasteiger charge is 2.19. The topological polar surface area (TPSA) is 77.7 Å². The van der Waals surface area contributed by atoms with Crippen molar-refractivity contribution in [3.05, 3.63) is 54.0 Å². The Kier molecular flexibility index (Phi) is 4.00. The molecule has 2 aromatic carbocycles. The molecule has 0 radical (unpaired) electrons. The average Bonchev–Trinajstić information content (AvgIpc) is 3.04. The van der Waals surface area contributed by atoms with Gasteiger partial charge in [0.1, 0.15) is 5.69 Å². The van der Waals surface area contributed by atoms with Gasteiger partial charge >= 0.3 is 5.97 Å². The predicted octanol–water partition coefficient (Wildman–Crippen LogP) is 2.58. The molecule has 1 aliphatic rings. The van der Waals surface area contributed by atoms with Crippen LogP contribution in [0.5, 0.6) is 5.75 Å². The number of carboxylic acid groups (broad SMARTS) is 1. The number of anilines is 1. The quantitative estimate of drug-likeness (QED) is 0.673. The molecule has 26 heavy (non-hydrogen) atoms. The minimum atomic E-state index is -1.09. The van der Waals surface area contributed by atoms with Crippen LogP contribution in [0.2, 0.25) is 0 Å². The standard InChI is InChI=1S/C19H18FN3O3/c20-15-3-1-14(11-18(15)24)23-16-4-2-13(22-7-5-21-6-8-22)9-12(16)10-17(23)19(25)26/h1-4,9-11,21,24H,5-8H2,(H,25,26). The Labute approximate surface area is 149 Å². The van der Waals surface area contributed by atoms with Gasteiger partial charge in [0.25, 0.3) is 0 Å². The van der Waals surface area contributed by atoms with E-state index in [4.69, 9.17) is 0 Å². The van der Waals surface area contributed by atoms with Crippen molar-refractivity contribution in [1.29, 1.82) is 0 Å². The van der Waals surface area contributed by atoms with Crippen molar-refractivity contribution in [3.63, 3.8) is 0 Å². The molecule has 2 heterocycles. The average molecular weight is 355 g/mol. The third kappa shape index (κ3) is 2.76. The molecule has 1 saturated heterocycles. The molecule has 0 saturated carbocycles. The number of halogens is 1. The van der Waals surface area contributed by atoms with Crippen LogP contribution in [0.1, 0.15) is 10.5 Å². The summed E-state index contributed by atoms with van der Waals surface area (Å²) in [5, 5.41) is 23.3.